The first kappa shape index (κ1) is 23.1. The number of benzene rings is 1. The average Bonchev–Trinajstić information content (AvgIpc) is 3.28. The summed E-state index contributed by atoms with van der Waals surface area (Å²) in [5.41, 5.74) is 2.36. The van der Waals surface area contributed by atoms with Gasteiger partial charge in [-0.1, -0.05) is 18.2 Å². The number of piperidine rings is 1. The highest BCUT2D eigenvalue weighted by atomic mass is 16.5. The number of hydrogen-bond acceptors (Lipinski definition) is 4. The molecular weight excluding hydrogens is 404 g/mol. The van der Waals surface area contributed by atoms with Gasteiger partial charge in [-0.3, -0.25) is 9.79 Å². The molecule has 0 saturated carbocycles. The Morgan fingerprint density at radius 3 is 2.81 bits per heavy atom. The number of rotatable bonds is 7. The van der Waals surface area contributed by atoms with Crippen LogP contribution in [0.25, 0.3) is 0 Å². The minimum Gasteiger partial charge on any atom is -0.376 e. The second-order valence-electron chi connectivity index (χ2n) is 9.01. The highest BCUT2D eigenvalue weighted by Gasteiger charge is 2.25. The number of para-hydroxylation sites is 1. The molecule has 7 nitrogen and oxygen atoms in total. The maximum absolute atomic E-state index is 12.7. The van der Waals surface area contributed by atoms with Crippen LogP contribution in [0.3, 0.4) is 0 Å². The van der Waals surface area contributed by atoms with Crippen molar-refractivity contribution in [2.24, 2.45) is 4.99 Å². The molecule has 1 amide bonds. The number of nitrogens with one attached hydrogen (secondary N) is 1. The third-order valence-corrected chi connectivity index (χ3v) is 6.78. The van der Waals surface area contributed by atoms with Crippen molar-refractivity contribution in [3.8, 4) is 0 Å². The summed E-state index contributed by atoms with van der Waals surface area (Å²) in [5, 5.41) is 3.45. The van der Waals surface area contributed by atoms with Crippen molar-refractivity contribution in [1.29, 1.82) is 0 Å². The summed E-state index contributed by atoms with van der Waals surface area (Å²) in [6.07, 6.45) is 8.51. The topological polar surface area (TPSA) is 66.4 Å². The van der Waals surface area contributed by atoms with E-state index in [1.54, 1.807) is 0 Å². The summed E-state index contributed by atoms with van der Waals surface area (Å²) in [5.74, 6) is 1.14. The summed E-state index contributed by atoms with van der Waals surface area (Å²) in [7, 11) is 1.83. The Morgan fingerprint density at radius 1 is 1.19 bits per heavy atom. The van der Waals surface area contributed by atoms with Crippen LogP contribution in [0, 0.1) is 0 Å². The Morgan fingerprint density at radius 2 is 2.03 bits per heavy atom. The van der Waals surface area contributed by atoms with Crippen LogP contribution in [0.2, 0.25) is 0 Å². The molecule has 0 radical (unpaired) electrons. The monoisotopic (exact) mass is 442 g/mol. The number of nitrogens with zero attached hydrogens (tertiary/aromatic N) is 3. The van der Waals surface area contributed by atoms with Crippen LogP contribution in [-0.2, 0) is 20.7 Å². The molecule has 3 heterocycles. The van der Waals surface area contributed by atoms with Gasteiger partial charge in [-0.05, 0) is 56.6 Å². The molecule has 7 heteroatoms. The van der Waals surface area contributed by atoms with E-state index in [2.05, 4.69) is 27.3 Å². The molecular formula is C25H38N4O3. The van der Waals surface area contributed by atoms with Gasteiger partial charge >= 0.3 is 0 Å². The van der Waals surface area contributed by atoms with Crippen molar-refractivity contribution >= 4 is 17.6 Å². The van der Waals surface area contributed by atoms with Crippen molar-refractivity contribution in [1.82, 2.24) is 10.2 Å². The molecule has 1 unspecified atom stereocenters. The summed E-state index contributed by atoms with van der Waals surface area (Å²) in [6, 6.07) is 8.22. The summed E-state index contributed by atoms with van der Waals surface area (Å²) < 4.78 is 11.9. The third-order valence-electron chi connectivity index (χ3n) is 6.78. The molecule has 3 aliphatic rings. The Kier molecular flexibility index (Phi) is 8.40. The number of aliphatic imine (C=N–C) groups is 1. The molecule has 1 N–H and O–H groups in total. The maximum atomic E-state index is 12.7. The molecule has 3 aliphatic heterocycles. The molecule has 0 aliphatic carbocycles. The predicted molar refractivity (Wildman–Crippen MR) is 127 cm³/mol. The standard InChI is InChI=1S/C25H38N4O3/c1-26-25(28-15-12-21(13-16-28)32-19-22-8-4-5-18-31-22)27-14-6-10-24(30)29-17-11-20-7-2-3-9-23(20)29/h2-3,7,9,21-22H,4-6,8,10-19H2,1H3,(H,26,27). The highest BCUT2D eigenvalue weighted by molar-refractivity contribution is 5.95. The van der Waals surface area contributed by atoms with Crippen LogP contribution < -0.4 is 10.2 Å². The lowest BCUT2D eigenvalue weighted by atomic mass is 10.1. The van der Waals surface area contributed by atoms with Gasteiger partial charge in [0.25, 0.3) is 0 Å². The lowest BCUT2D eigenvalue weighted by molar-refractivity contribution is -0.118. The first-order valence-electron chi connectivity index (χ1n) is 12.3. The number of fused-ring (bicyclic) bond motifs is 1. The van der Waals surface area contributed by atoms with E-state index in [1.165, 1.54) is 18.4 Å². The van der Waals surface area contributed by atoms with Crippen molar-refractivity contribution in [3.05, 3.63) is 29.8 Å². The molecule has 0 aromatic heterocycles. The Bertz CT molecular complexity index is 770. The van der Waals surface area contributed by atoms with Crippen LogP contribution in [0.1, 0.15) is 50.5 Å². The molecule has 0 bridgehead atoms. The van der Waals surface area contributed by atoms with E-state index < -0.39 is 0 Å². The van der Waals surface area contributed by atoms with Gasteiger partial charge in [-0.25, -0.2) is 0 Å². The fourth-order valence-corrected chi connectivity index (χ4v) is 4.92. The Labute approximate surface area is 192 Å². The molecule has 4 rings (SSSR count). The summed E-state index contributed by atoms with van der Waals surface area (Å²) in [4.78, 5) is 21.4. The van der Waals surface area contributed by atoms with Gasteiger partial charge in [0.2, 0.25) is 5.91 Å². The van der Waals surface area contributed by atoms with Gasteiger partial charge in [0.15, 0.2) is 5.96 Å². The minimum atomic E-state index is 0.214. The van der Waals surface area contributed by atoms with E-state index in [4.69, 9.17) is 9.47 Å². The van der Waals surface area contributed by atoms with Crippen molar-refractivity contribution in [3.63, 3.8) is 0 Å². The summed E-state index contributed by atoms with van der Waals surface area (Å²) in [6.45, 7) is 5.05. The van der Waals surface area contributed by atoms with Gasteiger partial charge in [-0.15, -0.1) is 0 Å². The normalized spacial score (nSPS) is 22.2. The van der Waals surface area contributed by atoms with E-state index in [-0.39, 0.29) is 12.0 Å². The van der Waals surface area contributed by atoms with Crippen molar-refractivity contribution in [2.75, 3.05) is 51.3 Å². The molecule has 1 atom stereocenters. The van der Waals surface area contributed by atoms with Gasteiger partial charge in [0.05, 0.1) is 18.8 Å². The number of carbonyl (C=O) groups is 1. The zero-order valence-corrected chi connectivity index (χ0v) is 19.4. The fourth-order valence-electron chi connectivity index (χ4n) is 4.92. The predicted octanol–water partition coefficient (Wildman–Crippen LogP) is 2.98. The average molecular weight is 443 g/mol. The number of carbonyl (C=O) groups excluding carboxylic acids is 1. The zero-order valence-electron chi connectivity index (χ0n) is 19.4. The molecule has 176 valence electrons. The number of hydrogen-bond donors (Lipinski definition) is 1. The smallest absolute Gasteiger partial charge is 0.227 e. The van der Waals surface area contributed by atoms with Crippen LogP contribution in [0.15, 0.2) is 29.3 Å². The molecule has 1 aromatic rings. The summed E-state index contributed by atoms with van der Waals surface area (Å²) >= 11 is 0. The number of likely N-dealkylation sites (tertiary alicyclic amines) is 1. The van der Waals surface area contributed by atoms with Crippen molar-refractivity contribution in [2.45, 2.75) is 63.6 Å². The number of anilines is 1. The Balaban J connectivity index is 1.12. The van der Waals surface area contributed by atoms with E-state index in [0.717, 1.165) is 83.1 Å². The van der Waals surface area contributed by atoms with E-state index in [0.29, 0.717) is 12.5 Å². The molecule has 2 fully saturated rings. The second-order valence-corrected chi connectivity index (χ2v) is 9.01. The first-order valence-corrected chi connectivity index (χ1v) is 12.3. The van der Waals surface area contributed by atoms with Gasteiger partial charge in [0.1, 0.15) is 0 Å². The van der Waals surface area contributed by atoms with Gasteiger partial charge in [0, 0.05) is 51.9 Å². The Hall–Kier alpha value is -2.12. The molecule has 32 heavy (non-hydrogen) atoms. The van der Waals surface area contributed by atoms with E-state index in [9.17, 15) is 4.79 Å². The quantitative estimate of drug-likeness (QED) is 0.400. The van der Waals surface area contributed by atoms with E-state index >= 15 is 0 Å². The lowest BCUT2D eigenvalue weighted by Crippen LogP contribution is -2.47. The molecule has 1 aromatic carbocycles. The SMILES string of the molecule is CN=C(NCCCC(=O)N1CCc2ccccc21)N1CCC(OCC2CCCCO2)CC1. The van der Waals surface area contributed by atoms with Crippen LogP contribution in [-0.4, -0.2) is 75.4 Å². The zero-order chi connectivity index (χ0) is 22.2. The number of amides is 1. The minimum absolute atomic E-state index is 0.214. The molecule has 2 saturated heterocycles. The first-order chi connectivity index (χ1) is 15.7. The fraction of sp³-hybridized carbons (Fsp3) is 0.680. The molecule has 0 spiro atoms. The number of guanidine groups is 1. The van der Waals surface area contributed by atoms with Crippen molar-refractivity contribution < 1.29 is 14.3 Å². The van der Waals surface area contributed by atoms with Crippen LogP contribution >= 0.6 is 0 Å². The van der Waals surface area contributed by atoms with Crippen LogP contribution in [0.5, 0.6) is 0 Å². The second kappa shape index (κ2) is 11.7. The largest absolute Gasteiger partial charge is 0.376 e. The van der Waals surface area contributed by atoms with Gasteiger partial charge in [-0.2, -0.15) is 0 Å². The third kappa shape index (κ3) is 6.01. The van der Waals surface area contributed by atoms with E-state index in [1.807, 2.05) is 24.1 Å². The highest BCUT2D eigenvalue weighted by Crippen LogP contribution is 2.28. The lowest BCUT2D eigenvalue weighted by Gasteiger charge is -2.35. The van der Waals surface area contributed by atoms with Gasteiger partial charge < -0.3 is 24.6 Å². The maximum Gasteiger partial charge on any atom is 0.227 e. The number of ether oxygens (including phenoxy) is 2. The van der Waals surface area contributed by atoms with Crippen LogP contribution in [0.4, 0.5) is 5.69 Å².